The molecule has 0 bridgehead atoms. The van der Waals surface area contributed by atoms with Crippen LogP contribution in [0.15, 0.2) is 35.3 Å². The minimum Gasteiger partial charge on any atom is -0.361 e. The van der Waals surface area contributed by atoms with Crippen molar-refractivity contribution in [3.8, 4) is 0 Å². The lowest BCUT2D eigenvalue weighted by Crippen LogP contribution is -2.51. The van der Waals surface area contributed by atoms with Crippen LogP contribution in [-0.2, 0) is 4.79 Å². The molecule has 168 valence electrons. The minimum absolute atomic E-state index is 0.0546. The minimum atomic E-state index is -2.92. The Kier molecular flexibility index (Phi) is 5.62. The molecular formula is C22H22F3N5O2. The Hall–Kier alpha value is -3.43. The van der Waals surface area contributed by atoms with Crippen LogP contribution < -0.4 is 10.9 Å². The van der Waals surface area contributed by atoms with Crippen LogP contribution in [0, 0.1) is 12.7 Å². The van der Waals surface area contributed by atoms with Crippen molar-refractivity contribution in [2.45, 2.75) is 39.3 Å². The van der Waals surface area contributed by atoms with E-state index in [2.05, 4.69) is 15.5 Å². The summed E-state index contributed by atoms with van der Waals surface area (Å²) >= 11 is 0. The fourth-order valence-corrected chi connectivity index (χ4v) is 3.90. The Morgan fingerprint density at radius 1 is 1.19 bits per heavy atom. The van der Waals surface area contributed by atoms with Gasteiger partial charge in [-0.1, -0.05) is 18.2 Å². The lowest BCUT2D eigenvalue weighted by atomic mass is 10.0. The van der Waals surface area contributed by atoms with E-state index in [1.165, 1.54) is 25.1 Å². The van der Waals surface area contributed by atoms with E-state index < -0.39 is 23.8 Å². The summed E-state index contributed by atoms with van der Waals surface area (Å²) in [5, 5.41) is 12.5. The first-order valence-corrected chi connectivity index (χ1v) is 10.1. The number of carbonyl (C=O) groups excluding carboxylic acids is 1. The predicted molar refractivity (Wildman–Crippen MR) is 113 cm³/mol. The molecule has 32 heavy (non-hydrogen) atoms. The largest absolute Gasteiger partial charge is 0.361 e. The molecule has 1 aromatic carbocycles. The highest BCUT2D eigenvalue weighted by molar-refractivity contribution is 5.92. The third-order valence-corrected chi connectivity index (χ3v) is 5.84. The average molecular weight is 445 g/mol. The van der Waals surface area contributed by atoms with Gasteiger partial charge in [0.25, 0.3) is 12.0 Å². The number of rotatable bonds is 5. The molecule has 4 rings (SSSR count). The van der Waals surface area contributed by atoms with Crippen molar-refractivity contribution in [1.82, 2.24) is 19.7 Å². The van der Waals surface area contributed by atoms with Crippen molar-refractivity contribution in [3.05, 3.63) is 63.5 Å². The maximum atomic E-state index is 14.6. The molecule has 0 aliphatic carbocycles. The molecule has 0 unspecified atom stereocenters. The monoisotopic (exact) mass is 445 g/mol. The number of benzene rings is 1. The van der Waals surface area contributed by atoms with Gasteiger partial charge in [-0.25, -0.2) is 13.2 Å². The number of carbonyl (C=O) groups is 1. The third kappa shape index (κ3) is 3.80. The number of halogens is 3. The Bertz CT molecular complexity index is 1250. The van der Waals surface area contributed by atoms with Gasteiger partial charge < -0.3 is 14.8 Å². The van der Waals surface area contributed by atoms with Crippen LogP contribution in [0.4, 0.5) is 19.0 Å². The van der Waals surface area contributed by atoms with Gasteiger partial charge in [-0.2, -0.15) is 5.10 Å². The highest BCUT2D eigenvalue weighted by atomic mass is 19.3. The van der Waals surface area contributed by atoms with Crippen LogP contribution in [0.2, 0.25) is 0 Å². The molecule has 1 saturated heterocycles. The second kappa shape index (κ2) is 8.25. The fourth-order valence-electron chi connectivity index (χ4n) is 3.90. The highest BCUT2D eigenvalue weighted by Gasteiger charge is 2.31. The maximum Gasteiger partial charge on any atom is 0.266 e. The number of pyridine rings is 1. The van der Waals surface area contributed by atoms with E-state index in [1.54, 1.807) is 29.5 Å². The van der Waals surface area contributed by atoms with Crippen LogP contribution >= 0.6 is 0 Å². The number of nitrogens with one attached hydrogen (secondary N) is 1. The first-order valence-electron chi connectivity index (χ1n) is 10.1. The third-order valence-electron chi connectivity index (χ3n) is 5.84. The molecule has 7 nitrogen and oxygen atoms in total. The summed E-state index contributed by atoms with van der Waals surface area (Å²) in [6, 6.07) is 4.48. The number of likely N-dealkylation sites (tertiary alicyclic amines) is 1. The highest BCUT2D eigenvalue weighted by Crippen LogP contribution is 2.31. The standard InChI is InChI=1S/C22H22F3N5O2/c1-11(15-5-4-6-16(20(15)23)21(24)25)26-22-18-10-30(14-8-29(9-14)13(3)31)19(32)7-17(18)12(2)27-28-22/h4-7,10-11,14,21H,8-9H2,1-3H3,(H,26,28)/t11-/m1/s1. The second-order valence-electron chi connectivity index (χ2n) is 7.98. The zero-order valence-electron chi connectivity index (χ0n) is 17.8. The van der Waals surface area contributed by atoms with Crippen molar-refractivity contribution in [2.75, 3.05) is 18.4 Å². The first-order chi connectivity index (χ1) is 15.2. The zero-order valence-corrected chi connectivity index (χ0v) is 17.8. The van der Waals surface area contributed by atoms with Gasteiger partial charge in [0.15, 0.2) is 5.82 Å². The molecule has 3 aromatic rings. The van der Waals surface area contributed by atoms with Crippen molar-refractivity contribution in [1.29, 1.82) is 0 Å². The molecule has 1 fully saturated rings. The summed E-state index contributed by atoms with van der Waals surface area (Å²) in [6.07, 6.45) is -1.27. The number of amides is 1. The molecule has 0 saturated carbocycles. The van der Waals surface area contributed by atoms with Crippen LogP contribution in [-0.4, -0.2) is 38.7 Å². The Balaban J connectivity index is 1.71. The summed E-state index contributed by atoms with van der Waals surface area (Å²) in [5.41, 5.74) is -0.267. The molecule has 10 heteroatoms. The van der Waals surface area contributed by atoms with Crippen LogP contribution in [0.3, 0.4) is 0 Å². The van der Waals surface area contributed by atoms with E-state index in [1.807, 2.05) is 0 Å². The van der Waals surface area contributed by atoms with Crippen molar-refractivity contribution in [2.24, 2.45) is 0 Å². The molecule has 1 aliphatic heterocycles. The van der Waals surface area contributed by atoms with E-state index in [-0.39, 0.29) is 23.1 Å². The summed E-state index contributed by atoms with van der Waals surface area (Å²) in [7, 11) is 0. The average Bonchev–Trinajstić information content (AvgIpc) is 2.69. The number of aromatic nitrogens is 3. The van der Waals surface area contributed by atoms with Gasteiger partial charge in [0.1, 0.15) is 5.82 Å². The summed E-state index contributed by atoms with van der Waals surface area (Å²) in [5.74, 6) is -0.722. The van der Waals surface area contributed by atoms with Crippen molar-refractivity contribution < 1.29 is 18.0 Å². The molecule has 1 atom stereocenters. The molecule has 3 heterocycles. The molecule has 2 aromatic heterocycles. The number of hydrogen-bond donors (Lipinski definition) is 1. The molecule has 0 radical (unpaired) electrons. The topological polar surface area (TPSA) is 80.1 Å². The molecule has 1 aliphatic rings. The van der Waals surface area contributed by atoms with E-state index >= 15 is 0 Å². The number of anilines is 1. The second-order valence-corrected chi connectivity index (χ2v) is 7.98. The fraction of sp³-hybridized carbons (Fsp3) is 0.364. The normalized spacial score (nSPS) is 15.2. The van der Waals surface area contributed by atoms with Gasteiger partial charge >= 0.3 is 0 Å². The van der Waals surface area contributed by atoms with Gasteiger partial charge in [0.05, 0.1) is 23.3 Å². The van der Waals surface area contributed by atoms with Crippen LogP contribution in [0.25, 0.3) is 10.8 Å². The lowest BCUT2D eigenvalue weighted by molar-refractivity contribution is -0.134. The van der Waals surface area contributed by atoms with Gasteiger partial charge in [-0.15, -0.1) is 5.10 Å². The maximum absolute atomic E-state index is 14.6. The van der Waals surface area contributed by atoms with Gasteiger partial charge in [-0.05, 0) is 13.8 Å². The molecule has 0 spiro atoms. The Labute approximate surface area is 181 Å². The summed E-state index contributed by atoms with van der Waals surface area (Å²) in [6.45, 7) is 5.70. The molecule has 1 N–H and O–H groups in total. The predicted octanol–water partition coefficient (Wildman–Crippen LogP) is 3.75. The SMILES string of the molecule is CC(=O)N1CC(n2cc3c(N[C@H](C)c4cccc(C(F)F)c4F)nnc(C)c3cc2=O)C1. The molecular weight excluding hydrogens is 423 g/mol. The summed E-state index contributed by atoms with van der Waals surface area (Å²) < 4.78 is 42.3. The zero-order chi connectivity index (χ0) is 23.2. The van der Waals surface area contributed by atoms with E-state index in [4.69, 9.17) is 0 Å². The number of alkyl halides is 2. The van der Waals surface area contributed by atoms with Crippen LogP contribution in [0.5, 0.6) is 0 Å². The Morgan fingerprint density at radius 2 is 1.88 bits per heavy atom. The van der Waals surface area contributed by atoms with E-state index in [0.29, 0.717) is 35.4 Å². The van der Waals surface area contributed by atoms with Gasteiger partial charge in [-0.3, -0.25) is 9.59 Å². The van der Waals surface area contributed by atoms with Crippen LogP contribution in [0.1, 0.15) is 49.2 Å². The van der Waals surface area contributed by atoms with Crippen molar-refractivity contribution >= 4 is 22.5 Å². The lowest BCUT2D eigenvalue weighted by Gasteiger charge is -2.39. The smallest absolute Gasteiger partial charge is 0.266 e. The van der Waals surface area contributed by atoms with Gasteiger partial charge in [0, 0.05) is 48.6 Å². The summed E-state index contributed by atoms with van der Waals surface area (Å²) in [4.78, 5) is 25.8. The number of nitrogens with zero attached hydrogens (tertiary/aromatic N) is 4. The quantitative estimate of drug-likeness (QED) is 0.647. The van der Waals surface area contributed by atoms with E-state index in [0.717, 1.165) is 6.07 Å². The molecule has 1 amide bonds. The first kappa shape index (κ1) is 21.8. The van der Waals surface area contributed by atoms with Gasteiger partial charge in [0.2, 0.25) is 5.91 Å². The number of hydrogen-bond acceptors (Lipinski definition) is 5. The van der Waals surface area contributed by atoms with E-state index in [9.17, 15) is 22.8 Å². The number of aryl methyl sites for hydroxylation is 1. The Morgan fingerprint density at radius 3 is 2.53 bits per heavy atom. The number of fused-ring (bicyclic) bond motifs is 1. The van der Waals surface area contributed by atoms with Crippen molar-refractivity contribution in [3.63, 3.8) is 0 Å².